The molecule has 4 heterocycles. The molecule has 3 aromatic rings. The summed E-state index contributed by atoms with van der Waals surface area (Å²) in [6.45, 7) is 3.75. The van der Waals surface area contributed by atoms with Gasteiger partial charge in [-0.3, -0.25) is 38.7 Å². The van der Waals surface area contributed by atoms with Crippen molar-refractivity contribution in [2.45, 2.75) is 151 Å². The number of benzene rings is 1. The second-order valence-corrected chi connectivity index (χ2v) is 21.7. The normalized spacial score (nSPS) is 26.6. The molecule has 0 spiro atoms. The van der Waals surface area contributed by atoms with Gasteiger partial charge in [-0.05, 0) is 107 Å². The fourth-order valence-corrected chi connectivity index (χ4v) is 11.6. The van der Waals surface area contributed by atoms with Crippen molar-refractivity contribution < 1.29 is 74.4 Å². The minimum absolute atomic E-state index is 0.00422. The van der Waals surface area contributed by atoms with Gasteiger partial charge in [-0.2, -0.15) is 17.6 Å². The lowest BCUT2D eigenvalue weighted by atomic mass is 9.77. The van der Waals surface area contributed by atoms with E-state index >= 15 is 0 Å². The summed E-state index contributed by atoms with van der Waals surface area (Å²) in [6.07, 6.45) is 7.08. The highest BCUT2D eigenvalue weighted by Gasteiger charge is 2.66. The molecule has 5 aliphatic rings. The Balaban J connectivity index is 0.641. The summed E-state index contributed by atoms with van der Waals surface area (Å²) in [7, 11) is 1.03. The first kappa shape index (κ1) is 60.7. The number of alkyl halides is 3. The summed E-state index contributed by atoms with van der Waals surface area (Å²) in [4.78, 5) is 88.6. The van der Waals surface area contributed by atoms with Gasteiger partial charge in [0.1, 0.15) is 11.8 Å². The minimum atomic E-state index is -4.95. The zero-order chi connectivity index (χ0) is 57.8. The van der Waals surface area contributed by atoms with E-state index in [1.165, 1.54) is 25.3 Å². The smallest absolute Gasteiger partial charge is 0.417 e. The third kappa shape index (κ3) is 15.2. The molecule has 24 heteroatoms. The second kappa shape index (κ2) is 27.6. The number of hydrogen-bond acceptors (Lipinski definition) is 13. The average molecular weight is 1140 g/mol. The number of nitrogens with one attached hydrogen (secondary N) is 5. The van der Waals surface area contributed by atoms with Crippen molar-refractivity contribution in [3.05, 3.63) is 83.4 Å². The SMILES string of the molecule is COc1c([C@H]2[C@H](C(=O)Nc3ccnc(C(=O)NCCOCCNC(=O)C4CCC(NC(=O)CCCOC5CCC(OCCNC(=O)[C@H]6CC(=O)N(C7CC7)[C@@H]6c6cccnc6)CC5)CC4)c3)O[C@@](C)(C(F)(F)F)[C@H]2C)ccc(F)c1F. The Labute approximate surface area is 467 Å². The maximum absolute atomic E-state index is 14.8. The van der Waals surface area contributed by atoms with E-state index in [1.807, 2.05) is 17.0 Å². The van der Waals surface area contributed by atoms with Crippen LogP contribution in [0.25, 0.3) is 0 Å². The number of pyridine rings is 2. The lowest BCUT2D eigenvalue weighted by molar-refractivity contribution is -0.272. The molecule has 2 aliphatic heterocycles. The van der Waals surface area contributed by atoms with Crippen molar-refractivity contribution in [2.24, 2.45) is 17.8 Å². The summed E-state index contributed by atoms with van der Waals surface area (Å²) >= 11 is 0. The van der Waals surface area contributed by atoms with Gasteiger partial charge in [0.25, 0.3) is 11.8 Å². The lowest BCUT2D eigenvalue weighted by Crippen LogP contribution is -2.47. The molecule has 3 aliphatic carbocycles. The Morgan fingerprint density at radius 3 is 2.16 bits per heavy atom. The Morgan fingerprint density at radius 1 is 0.815 bits per heavy atom. The van der Waals surface area contributed by atoms with Crippen LogP contribution in [0, 0.1) is 29.4 Å². The molecular weight excluding hydrogens is 1070 g/mol. The Morgan fingerprint density at radius 2 is 1.49 bits per heavy atom. The van der Waals surface area contributed by atoms with Crippen LogP contribution in [-0.2, 0) is 42.9 Å². The number of carbonyl (C=O) groups is 6. The third-order valence-corrected chi connectivity index (χ3v) is 16.3. The highest BCUT2D eigenvalue weighted by Crippen LogP contribution is 2.55. The maximum Gasteiger partial charge on any atom is 0.417 e. The van der Waals surface area contributed by atoms with Crippen molar-refractivity contribution in [1.29, 1.82) is 0 Å². The molecule has 6 atom stereocenters. The Kier molecular flexibility index (Phi) is 20.7. The van der Waals surface area contributed by atoms with Gasteiger partial charge in [0.15, 0.2) is 17.2 Å². The molecule has 1 aromatic carbocycles. The van der Waals surface area contributed by atoms with Crippen LogP contribution in [0.3, 0.4) is 0 Å². The van der Waals surface area contributed by atoms with Crippen LogP contribution in [0.5, 0.6) is 5.75 Å². The molecular formula is C57H73F5N8O11. The number of rotatable bonds is 25. The summed E-state index contributed by atoms with van der Waals surface area (Å²) in [6, 6.07) is 7.97. The number of carbonyl (C=O) groups excluding carboxylic acids is 6. The summed E-state index contributed by atoms with van der Waals surface area (Å²) in [5.74, 6) is -8.86. The molecule has 5 N–H and O–H groups in total. The molecule has 8 rings (SSSR count). The number of likely N-dealkylation sites (tertiary alicyclic amines) is 1. The molecule has 6 amide bonds. The fraction of sp³-hybridized carbons (Fsp3) is 0.614. The average Bonchev–Trinajstić information content (AvgIpc) is 4.36. The number of amides is 6. The Hall–Kier alpha value is -6.37. The van der Waals surface area contributed by atoms with Crippen LogP contribution < -0.4 is 31.3 Å². The van der Waals surface area contributed by atoms with E-state index in [9.17, 15) is 50.7 Å². The number of nitrogens with zero attached hydrogens (tertiary/aromatic N) is 3. The standard InChI is InChI=1S/C57H73F5N8O11/c1-33-47(41-18-19-43(58)48(59)50(41)77-3)51(81-56(33,2)57(60,61)62)55(76)69-37-20-22-64-44(30-37)54(75)67-24-28-78-27-23-65-52(73)34-8-10-36(11-9-34)68-45(71)7-5-26-79-39-14-16-40(17-15-39)80-29-25-66-53(74)42-31-46(72)70(38-12-13-38)49(42)35-6-4-21-63-32-35/h4,6,18-22,30,32-34,36,38-40,42,47,49,51H,5,7-17,23-29,31H2,1-3H3,(H,65,73)(H,66,74)(H,67,75)(H,68,71)(H,64,69,76)/t33-,34?,36?,39?,40?,42-,47-,49+,51+,56+/m0/s1. The van der Waals surface area contributed by atoms with Crippen LogP contribution in [0.4, 0.5) is 27.6 Å². The number of methoxy groups -OCH3 is 1. The lowest BCUT2D eigenvalue weighted by Gasteiger charge is -2.32. The molecule has 19 nitrogen and oxygen atoms in total. The van der Waals surface area contributed by atoms with Gasteiger partial charge in [0.2, 0.25) is 29.4 Å². The predicted molar refractivity (Wildman–Crippen MR) is 282 cm³/mol. The molecule has 0 radical (unpaired) electrons. The molecule has 3 saturated carbocycles. The van der Waals surface area contributed by atoms with Gasteiger partial charge < -0.3 is 55.2 Å². The summed E-state index contributed by atoms with van der Waals surface area (Å²) < 4.78 is 100. The van der Waals surface area contributed by atoms with E-state index in [-0.39, 0.29) is 110 Å². The van der Waals surface area contributed by atoms with Crippen LogP contribution in [0.15, 0.2) is 55.0 Å². The highest BCUT2D eigenvalue weighted by molar-refractivity contribution is 5.98. The first-order valence-corrected chi connectivity index (χ1v) is 28.0. The molecule has 2 saturated heterocycles. The monoisotopic (exact) mass is 1140 g/mol. The molecule has 2 aromatic heterocycles. The number of ether oxygens (including phenoxy) is 5. The Bertz CT molecular complexity index is 2670. The number of hydrogen-bond donors (Lipinski definition) is 5. The maximum atomic E-state index is 14.8. The van der Waals surface area contributed by atoms with Crippen molar-refractivity contribution in [2.75, 3.05) is 58.5 Å². The van der Waals surface area contributed by atoms with Crippen LogP contribution in [-0.4, -0.2) is 146 Å². The van der Waals surface area contributed by atoms with Crippen molar-refractivity contribution >= 4 is 41.1 Å². The first-order valence-electron chi connectivity index (χ1n) is 28.0. The number of anilines is 1. The molecule has 81 heavy (non-hydrogen) atoms. The van der Waals surface area contributed by atoms with Gasteiger partial charge in [-0.15, -0.1) is 0 Å². The van der Waals surface area contributed by atoms with Gasteiger partial charge in [0.05, 0.1) is 51.1 Å². The molecule has 442 valence electrons. The fourth-order valence-electron chi connectivity index (χ4n) is 11.6. The van der Waals surface area contributed by atoms with Gasteiger partial charge in [-0.25, -0.2) is 4.39 Å². The zero-order valence-corrected chi connectivity index (χ0v) is 45.8. The summed E-state index contributed by atoms with van der Waals surface area (Å²) in [5.41, 5.74) is -2.29. The third-order valence-electron chi connectivity index (χ3n) is 16.3. The minimum Gasteiger partial charge on any atom is -0.493 e. The van der Waals surface area contributed by atoms with Crippen LogP contribution in [0.2, 0.25) is 0 Å². The van der Waals surface area contributed by atoms with E-state index in [0.717, 1.165) is 70.3 Å². The van der Waals surface area contributed by atoms with Gasteiger partial charge >= 0.3 is 6.18 Å². The van der Waals surface area contributed by atoms with Gasteiger partial charge in [0, 0.05) is 98.8 Å². The highest BCUT2D eigenvalue weighted by atomic mass is 19.4. The first-order chi connectivity index (χ1) is 38.9. The number of aromatic nitrogens is 2. The van der Waals surface area contributed by atoms with E-state index < -0.39 is 64.8 Å². The van der Waals surface area contributed by atoms with E-state index in [2.05, 4.69) is 36.6 Å². The zero-order valence-electron chi connectivity index (χ0n) is 45.8. The van der Waals surface area contributed by atoms with E-state index in [0.29, 0.717) is 58.3 Å². The van der Waals surface area contributed by atoms with E-state index in [4.69, 9.17) is 23.7 Å². The number of halogens is 5. The molecule has 0 bridgehead atoms. The molecule has 0 unspecified atom stereocenters. The molecule has 5 fully saturated rings. The van der Waals surface area contributed by atoms with Crippen molar-refractivity contribution in [3.63, 3.8) is 0 Å². The van der Waals surface area contributed by atoms with Crippen LogP contribution in [0.1, 0.15) is 131 Å². The van der Waals surface area contributed by atoms with Crippen LogP contribution >= 0.6 is 0 Å². The van der Waals surface area contributed by atoms with Crippen molar-refractivity contribution in [3.8, 4) is 5.75 Å². The largest absolute Gasteiger partial charge is 0.493 e. The van der Waals surface area contributed by atoms with E-state index in [1.54, 1.807) is 12.4 Å². The predicted octanol–water partition coefficient (Wildman–Crippen LogP) is 6.37. The van der Waals surface area contributed by atoms with Gasteiger partial charge in [-0.1, -0.05) is 19.1 Å². The second-order valence-electron chi connectivity index (χ2n) is 21.7. The topological polar surface area (TPSA) is 238 Å². The summed E-state index contributed by atoms with van der Waals surface area (Å²) in [5, 5.41) is 14.1. The van der Waals surface area contributed by atoms with Crippen molar-refractivity contribution in [1.82, 2.24) is 36.1 Å². The quantitative estimate of drug-likeness (QED) is 0.0459.